The highest BCUT2D eigenvalue weighted by Gasteiger charge is 2.30. The minimum atomic E-state index is -0.496. The van der Waals surface area contributed by atoms with Crippen molar-refractivity contribution in [2.45, 2.75) is 32.5 Å². The molecule has 1 unspecified atom stereocenters. The van der Waals surface area contributed by atoms with Gasteiger partial charge in [-0.05, 0) is 32.9 Å². The van der Waals surface area contributed by atoms with Crippen molar-refractivity contribution < 1.29 is 14.3 Å². The van der Waals surface area contributed by atoms with E-state index >= 15 is 0 Å². The lowest BCUT2D eigenvalue weighted by Crippen LogP contribution is -2.44. The van der Waals surface area contributed by atoms with Gasteiger partial charge in [-0.1, -0.05) is 12.1 Å². The third kappa shape index (κ3) is 3.22. The highest BCUT2D eigenvalue weighted by molar-refractivity contribution is 5.74. The van der Waals surface area contributed by atoms with Gasteiger partial charge in [0, 0.05) is 6.54 Å². The number of nitrogens with zero attached hydrogens (tertiary/aromatic N) is 2. The van der Waals surface area contributed by atoms with E-state index in [-0.39, 0.29) is 12.2 Å². The SMILES string of the molecule is CC(C)(C)OC(=O)N1CCOC(c2nc3ccccc3[nH]2)C1. The zero-order valence-corrected chi connectivity index (χ0v) is 13.1. The summed E-state index contributed by atoms with van der Waals surface area (Å²) in [5.74, 6) is 0.745. The van der Waals surface area contributed by atoms with Crippen molar-refractivity contribution in [3.63, 3.8) is 0 Å². The number of para-hydroxylation sites is 2. The fourth-order valence-corrected chi connectivity index (χ4v) is 2.43. The van der Waals surface area contributed by atoms with Crippen molar-refractivity contribution in [3.05, 3.63) is 30.1 Å². The Labute approximate surface area is 129 Å². The largest absolute Gasteiger partial charge is 0.444 e. The van der Waals surface area contributed by atoms with Crippen molar-refractivity contribution >= 4 is 17.1 Å². The van der Waals surface area contributed by atoms with E-state index in [9.17, 15) is 4.79 Å². The number of carbonyl (C=O) groups excluding carboxylic acids is 1. The molecule has 1 aliphatic heterocycles. The number of aromatic nitrogens is 2. The molecule has 1 N–H and O–H groups in total. The third-order valence-corrected chi connectivity index (χ3v) is 3.43. The second-order valence-corrected chi connectivity index (χ2v) is 6.42. The highest BCUT2D eigenvalue weighted by Crippen LogP contribution is 2.23. The molecule has 0 bridgehead atoms. The number of aromatic amines is 1. The van der Waals surface area contributed by atoms with Gasteiger partial charge < -0.3 is 19.4 Å². The second kappa shape index (κ2) is 5.61. The molecule has 1 amide bonds. The summed E-state index contributed by atoms with van der Waals surface area (Å²) in [7, 11) is 0. The quantitative estimate of drug-likeness (QED) is 0.879. The first kappa shape index (κ1) is 14.8. The molecule has 1 aliphatic rings. The van der Waals surface area contributed by atoms with Crippen LogP contribution in [0.3, 0.4) is 0 Å². The number of benzene rings is 1. The number of morpholine rings is 1. The van der Waals surface area contributed by atoms with Gasteiger partial charge in [0.2, 0.25) is 0 Å². The van der Waals surface area contributed by atoms with Crippen LogP contribution in [0.1, 0.15) is 32.7 Å². The van der Waals surface area contributed by atoms with E-state index in [1.807, 2.05) is 45.0 Å². The van der Waals surface area contributed by atoms with E-state index in [1.165, 1.54) is 0 Å². The van der Waals surface area contributed by atoms with Gasteiger partial charge in [0.25, 0.3) is 0 Å². The fraction of sp³-hybridized carbons (Fsp3) is 0.500. The summed E-state index contributed by atoms with van der Waals surface area (Å²) >= 11 is 0. The van der Waals surface area contributed by atoms with Crippen LogP contribution in [0.25, 0.3) is 11.0 Å². The van der Waals surface area contributed by atoms with Crippen molar-refractivity contribution in [2.75, 3.05) is 19.7 Å². The molecule has 2 heterocycles. The van der Waals surface area contributed by atoms with E-state index in [2.05, 4.69) is 9.97 Å². The van der Waals surface area contributed by atoms with Crippen LogP contribution in [0.4, 0.5) is 4.79 Å². The lowest BCUT2D eigenvalue weighted by atomic mass is 10.2. The van der Waals surface area contributed by atoms with Crippen LogP contribution in [-0.4, -0.2) is 46.3 Å². The standard InChI is InChI=1S/C16H21N3O3/c1-16(2,3)22-15(20)19-8-9-21-13(10-19)14-17-11-6-4-5-7-12(11)18-14/h4-7,13H,8-10H2,1-3H3,(H,17,18). The number of carbonyl (C=O) groups is 1. The Balaban J connectivity index is 1.74. The zero-order valence-electron chi connectivity index (χ0n) is 13.1. The summed E-state index contributed by atoms with van der Waals surface area (Å²) < 4.78 is 11.2. The molecular weight excluding hydrogens is 282 g/mol. The smallest absolute Gasteiger partial charge is 0.410 e. The van der Waals surface area contributed by atoms with E-state index in [4.69, 9.17) is 9.47 Å². The van der Waals surface area contributed by atoms with Gasteiger partial charge in [-0.15, -0.1) is 0 Å². The van der Waals surface area contributed by atoms with Crippen molar-refractivity contribution in [2.24, 2.45) is 0 Å². The minimum absolute atomic E-state index is 0.256. The summed E-state index contributed by atoms with van der Waals surface area (Å²) in [6.45, 7) is 7.04. The molecule has 2 aromatic rings. The van der Waals surface area contributed by atoms with Gasteiger partial charge >= 0.3 is 6.09 Å². The van der Waals surface area contributed by atoms with E-state index in [1.54, 1.807) is 4.90 Å². The maximum Gasteiger partial charge on any atom is 0.410 e. The molecule has 1 fully saturated rings. The maximum absolute atomic E-state index is 12.2. The number of hydrogen-bond acceptors (Lipinski definition) is 4. The molecule has 0 saturated carbocycles. The molecule has 3 rings (SSSR count). The summed E-state index contributed by atoms with van der Waals surface area (Å²) in [5.41, 5.74) is 1.37. The number of amides is 1. The van der Waals surface area contributed by atoms with Crippen LogP contribution in [0.2, 0.25) is 0 Å². The summed E-state index contributed by atoms with van der Waals surface area (Å²) in [5, 5.41) is 0. The van der Waals surface area contributed by atoms with Gasteiger partial charge in [-0.3, -0.25) is 0 Å². The van der Waals surface area contributed by atoms with Crippen LogP contribution < -0.4 is 0 Å². The number of hydrogen-bond donors (Lipinski definition) is 1. The lowest BCUT2D eigenvalue weighted by Gasteiger charge is -2.33. The van der Waals surface area contributed by atoms with Crippen LogP contribution in [0.15, 0.2) is 24.3 Å². The maximum atomic E-state index is 12.2. The molecule has 118 valence electrons. The van der Waals surface area contributed by atoms with Crippen LogP contribution in [0, 0.1) is 0 Å². The number of imidazole rings is 1. The van der Waals surface area contributed by atoms with Crippen LogP contribution in [0.5, 0.6) is 0 Å². The predicted molar refractivity (Wildman–Crippen MR) is 82.6 cm³/mol. The third-order valence-electron chi connectivity index (χ3n) is 3.43. The Morgan fingerprint density at radius 2 is 2.18 bits per heavy atom. The molecule has 1 aromatic heterocycles. The van der Waals surface area contributed by atoms with Gasteiger partial charge in [-0.25, -0.2) is 9.78 Å². The molecule has 6 heteroatoms. The Kier molecular flexibility index (Phi) is 3.78. The molecule has 1 aromatic carbocycles. The number of rotatable bonds is 1. The first-order valence-electron chi connectivity index (χ1n) is 7.46. The number of nitrogens with one attached hydrogen (secondary N) is 1. The van der Waals surface area contributed by atoms with Crippen molar-refractivity contribution in [3.8, 4) is 0 Å². The zero-order chi connectivity index (χ0) is 15.7. The van der Waals surface area contributed by atoms with Gasteiger partial charge in [-0.2, -0.15) is 0 Å². The molecule has 0 radical (unpaired) electrons. The lowest BCUT2D eigenvalue weighted by molar-refractivity contribution is -0.0458. The molecule has 0 spiro atoms. The Hall–Kier alpha value is -2.08. The molecule has 1 saturated heterocycles. The van der Waals surface area contributed by atoms with Gasteiger partial charge in [0.15, 0.2) is 0 Å². The fourth-order valence-electron chi connectivity index (χ4n) is 2.43. The highest BCUT2D eigenvalue weighted by atomic mass is 16.6. The average molecular weight is 303 g/mol. The topological polar surface area (TPSA) is 67.4 Å². The van der Waals surface area contributed by atoms with E-state index in [0.717, 1.165) is 16.9 Å². The van der Waals surface area contributed by atoms with Gasteiger partial charge in [0.1, 0.15) is 17.5 Å². The summed E-state index contributed by atoms with van der Waals surface area (Å²) in [4.78, 5) is 21.7. The summed E-state index contributed by atoms with van der Waals surface area (Å²) in [6, 6.07) is 7.82. The van der Waals surface area contributed by atoms with Crippen LogP contribution in [-0.2, 0) is 9.47 Å². The molecule has 6 nitrogen and oxygen atoms in total. The first-order valence-corrected chi connectivity index (χ1v) is 7.46. The van der Waals surface area contributed by atoms with Crippen molar-refractivity contribution in [1.82, 2.24) is 14.9 Å². The predicted octanol–water partition coefficient (Wildman–Crippen LogP) is 2.87. The minimum Gasteiger partial charge on any atom is -0.444 e. The monoisotopic (exact) mass is 303 g/mol. The normalized spacial score (nSPS) is 19.4. The Morgan fingerprint density at radius 3 is 2.91 bits per heavy atom. The average Bonchev–Trinajstić information content (AvgIpc) is 2.89. The summed E-state index contributed by atoms with van der Waals surface area (Å²) in [6.07, 6.45) is -0.564. The van der Waals surface area contributed by atoms with Gasteiger partial charge in [0.05, 0.1) is 24.2 Å². The Morgan fingerprint density at radius 1 is 1.41 bits per heavy atom. The number of H-pyrrole nitrogens is 1. The number of ether oxygens (including phenoxy) is 2. The van der Waals surface area contributed by atoms with Crippen molar-refractivity contribution in [1.29, 1.82) is 0 Å². The first-order chi connectivity index (χ1) is 10.4. The second-order valence-electron chi connectivity index (χ2n) is 6.42. The number of fused-ring (bicyclic) bond motifs is 1. The van der Waals surface area contributed by atoms with Crippen LogP contribution >= 0.6 is 0 Å². The molecule has 22 heavy (non-hydrogen) atoms. The van der Waals surface area contributed by atoms with E-state index < -0.39 is 5.60 Å². The molecule has 1 atom stereocenters. The molecule has 0 aliphatic carbocycles. The van der Waals surface area contributed by atoms with E-state index in [0.29, 0.717) is 19.7 Å². The Bertz CT molecular complexity index is 642. The molecular formula is C16H21N3O3.